The number of H-pyrrole nitrogens is 2. The van der Waals surface area contributed by atoms with Crippen LogP contribution >= 0.6 is 11.6 Å². The van der Waals surface area contributed by atoms with Crippen LogP contribution in [0.15, 0.2) is 35.4 Å². The molecular formula is C25H25ClN6O4. The van der Waals surface area contributed by atoms with Crippen molar-refractivity contribution in [3.63, 3.8) is 0 Å². The van der Waals surface area contributed by atoms with Crippen LogP contribution in [0.1, 0.15) is 20.8 Å². The minimum atomic E-state index is -0.570. The SMILES string of the molecule is CC(C)(C)OC(=O)N1CCN2c3ncnc4cc(-c5cccc6[nH]c(=O)[nH]c56)c(Cl)c(c34)OCC2C1. The number of aromatic nitrogens is 4. The van der Waals surface area contributed by atoms with E-state index in [0.29, 0.717) is 59.1 Å². The third-order valence-corrected chi connectivity index (χ3v) is 6.84. The average Bonchev–Trinajstić information content (AvgIpc) is 3.13. The van der Waals surface area contributed by atoms with Crippen molar-refractivity contribution in [3.05, 3.63) is 46.1 Å². The van der Waals surface area contributed by atoms with Gasteiger partial charge < -0.3 is 29.2 Å². The van der Waals surface area contributed by atoms with E-state index in [1.54, 1.807) is 4.90 Å². The van der Waals surface area contributed by atoms with Crippen molar-refractivity contribution in [1.82, 2.24) is 24.8 Å². The van der Waals surface area contributed by atoms with Crippen molar-refractivity contribution in [1.29, 1.82) is 0 Å². The summed E-state index contributed by atoms with van der Waals surface area (Å²) in [6.45, 7) is 7.37. The number of carbonyl (C=O) groups is 1. The number of ether oxygens (including phenoxy) is 2. The maximum absolute atomic E-state index is 12.7. The number of hydrogen-bond donors (Lipinski definition) is 2. The van der Waals surface area contributed by atoms with Crippen LogP contribution in [0.25, 0.3) is 33.1 Å². The van der Waals surface area contributed by atoms with Crippen molar-refractivity contribution in [3.8, 4) is 16.9 Å². The van der Waals surface area contributed by atoms with Gasteiger partial charge in [0.1, 0.15) is 24.4 Å². The predicted octanol–water partition coefficient (Wildman–Crippen LogP) is 3.94. The van der Waals surface area contributed by atoms with E-state index >= 15 is 0 Å². The molecule has 2 aromatic carbocycles. The van der Waals surface area contributed by atoms with Gasteiger partial charge in [0.05, 0.1) is 33.0 Å². The number of carbonyl (C=O) groups excluding carboxylic acids is 1. The maximum Gasteiger partial charge on any atom is 0.410 e. The summed E-state index contributed by atoms with van der Waals surface area (Å²) in [5.41, 5.74) is 2.61. The van der Waals surface area contributed by atoms with Crippen molar-refractivity contribution >= 4 is 45.4 Å². The normalized spacial score (nSPS) is 17.6. The second kappa shape index (κ2) is 8.12. The number of nitrogens with one attached hydrogen (secondary N) is 2. The van der Waals surface area contributed by atoms with Gasteiger partial charge in [0.25, 0.3) is 0 Å². The number of fused-ring (bicyclic) bond motifs is 3. The van der Waals surface area contributed by atoms with Crippen LogP contribution in [0.2, 0.25) is 5.02 Å². The van der Waals surface area contributed by atoms with Crippen molar-refractivity contribution < 1.29 is 14.3 Å². The first kappa shape index (κ1) is 22.7. The Morgan fingerprint density at radius 1 is 1.19 bits per heavy atom. The number of rotatable bonds is 1. The van der Waals surface area contributed by atoms with E-state index in [2.05, 4.69) is 24.8 Å². The minimum absolute atomic E-state index is 0.138. The largest absolute Gasteiger partial charge is 0.489 e. The highest BCUT2D eigenvalue weighted by atomic mass is 35.5. The van der Waals surface area contributed by atoms with Crippen molar-refractivity contribution in [2.75, 3.05) is 31.1 Å². The molecule has 10 nitrogen and oxygen atoms in total. The van der Waals surface area contributed by atoms with Crippen molar-refractivity contribution in [2.45, 2.75) is 32.4 Å². The summed E-state index contributed by atoms with van der Waals surface area (Å²) in [5.74, 6) is 1.22. The Kier molecular flexibility index (Phi) is 5.11. The van der Waals surface area contributed by atoms with Crippen LogP contribution in [0, 0.1) is 0 Å². The molecule has 1 amide bonds. The number of anilines is 1. The first-order valence-corrected chi connectivity index (χ1v) is 12.1. The maximum atomic E-state index is 12.7. The number of aromatic amines is 2. The Balaban J connectivity index is 1.42. The second-order valence-electron chi connectivity index (χ2n) is 10.1. The molecule has 1 fully saturated rings. The van der Waals surface area contributed by atoms with E-state index in [9.17, 15) is 9.59 Å². The van der Waals surface area contributed by atoms with Gasteiger partial charge in [-0.25, -0.2) is 19.6 Å². The quantitative estimate of drug-likeness (QED) is 0.400. The highest BCUT2D eigenvalue weighted by molar-refractivity contribution is 6.37. The Labute approximate surface area is 211 Å². The average molecular weight is 509 g/mol. The summed E-state index contributed by atoms with van der Waals surface area (Å²) in [4.78, 5) is 43.3. The molecule has 2 aromatic heterocycles. The molecule has 36 heavy (non-hydrogen) atoms. The molecule has 2 N–H and O–H groups in total. The summed E-state index contributed by atoms with van der Waals surface area (Å²) < 4.78 is 11.9. The zero-order chi connectivity index (χ0) is 25.2. The van der Waals surface area contributed by atoms with E-state index in [1.807, 2.05) is 45.0 Å². The summed E-state index contributed by atoms with van der Waals surface area (Å²) >= 11 is 6.97. The molecular weight excluding hydrogens is 484 g/mol. The lowest BCUT2D eigenvalue weighted by Crippen LogP contribution is -2.57. The number of para-hydroxylation sites is 1. The minimum Gasteiger partial charge on any atom is -0.489 e. The van der Waals surface area contributed by atoms with Gasteiger partial charge in [-0.1, -0.05) is 23.7 Å². The number of imidazole rings is 1. The summed E-state index contributed by atoms with van der Waals surface area (Å²) in [7, 11) is 0. The third-order valence-electron chi connectivity index (χ3n) is 6.47. The molecule has 1 unspecified atom stereocenters. The lowest BCUT2D eigenvalue weighted by molar-refractivity contribution is 0.0202. The van der Waals surface area contributed by atoms with Gasteiger partial charge in [-0.05, 0) is 32.9 Å². The van der Waals surface area contributed by atoms with Crippen molar-refractivity contribution in [2.24, 2.45) is 0 Å². The Morgan fingerprint density at radius 2 is 2.03 bits per heavy atom. The fourth-order valence-electron chi connectivity index (χ4n) is 4.93. The first-order valence-electron chi connectivity index (χ1n) is 11.8. The van der Waals surface area contributed by atoms with E-state index in [0.717, 1.165) is 16.8 Å². The number of halogens is 1. The molecule has 4 aromatic rings. The molecule has 6 rings (SSSR count). The summed E-state index contributed by atoms with van der Waals surface area (Å²) in [6, 6.07) is 7.34. The molecule has 1 atom stereocenters. The zero-order valence-corrected chi connectivity index (χ0v) is 20.8. The summed E-state index contributed by atoms with van der Waals surface area (Å²) in [5, 5.41) is 1.14. The van der Waals surface area contributed by atoms with Gasteiger partial charge in [-0.2, -0.15) is 0 Å². The van der Waals surface area contributed by atoms with Gasteiger partial charge in [0.2, 0.25) is 0 Å². The van der Waals surface area contributed by atoms with Gasteiger partial charge in [0.15, 0.2) is 5.75 Å². The molecule has 0 saturated carbocycles. The van der Waals surface area contributed by atoms with Crippen LogP contribution in [-0.2, 0) is 4.74 Å². The molecule has 0 spiro atoms. The molecule has 0 radical (unpaired) electrons. The predicted molar refractivity (Wildman–Crippen MR) is 137 cm³/mol. The van der Waals surface area contributed by atoms with Crippen LogP contribution in [0.5, 0.6) is 5.75 Å². The molecule has 2 aliphatic heterocycles. The Morgan fingerprint density at radius 3 is 2.83 bits per heavy atom. The number of nitrogens with zero attached hydrogens (tertiary/aromatic N) is 4. The van der Waals surface area contributed by atoms with Gasteiger partial charge in [0, 0.05) is 30.8 Å². The standard InChI is InChI=1S/C25H25ClN6O4/c1-25(2,3)36-24(34)31-7-8-32-13(10-31)11-35-21-18-17(27-12-28-22(18)32)9-15(19(21)26)14-5-4-6-16-20(14)30-23(33)29-16/h4-6,9,12-13H,7-8,10-11H2,1-3H3,(H2,29,30,33). The van der Waals surface area contributed by atoms with E-state index in [4.69, 9.17) is 21.1 Å². The smallest absolute Gasteiger partial charge is 0.410 e. The monoisotopic (exact) mass is 508 g/mol. The van der Waals surface area contributed by atoms with Crippen LogP contribution < -0.4 is 15.3 Å². The van der Waals surface area contributed by atoms with Crippen LogP contribution in [0.3, 0.4) is 0 Å². The van der Waals surface area contributed by atoms with Crippen LogP contribution in [0.4, 0.5) is 10.6 Å². The number of amides is 1. The lowest BCUT2D eigenvalue weighted by atomic mass is 10.0. The molecule has 0 aliphatic carbocycles. The van der Waals surface area contributed by atoms with E-state index < -0.39 is 5.60 Å². The van der Waals surface area contributed by atoms with Crippen LogP contribution in [-0.4, -0.2) is 68.8 Å². The summed E-state index contributed by atoms with van der Waals surface area (Å²) in [6.07, 6.45) is 1.19. The topological polar surface area (TPSA) is 116 Å². The zero-order valence-electron chi connectivity index (χ0n) is 20.1. The highest BCUT2D eigenvalue weighted by Crippen LogP contribution is 2.46. The fourth-order valence-corrected chi connectivity index (χ4v) is 5.23. The second-order valence-corrected chi connectivity index (χ2v) is 10.4. The number of benzene rings is 2. The third kappa shape index (κ3) is 3.72. The first-order chi connectivity index (χ1) is 17.2. The molecule has 11 heteroatoms. The Bertz CT molecular complexity index is 1570. The molecule has 1 saturated heterocycles. The number of hydrogen-bond acceptors (Lipinski definition) is 7. The lowest BCUT2D eigenvalue weighted by Gasteiger charge is -2.41. The van der Waals surface area contributed by atoms with Gasteiger partial charge >= 0.3 is 11.8 Å². The molecule has 2 aliphatic rings. The van der Waals surface area contributed by atoms with Gasteiger partial charge in [-0.3, -0.25) is 0 Å². The highest BCUT2D eigenvalue weighted by Gasteiger charge is 2.37. The van der Waals surface area contributed by atoms with Gasteiger partial charge in [-0.15, -0.1) is 0 Å². The Hall–Kier alpha value is -3.79. The molecule has 186 valence electrons. The van der Waals surface area contributed by atoms with E-state index in [1.165, 1.54) is 6.33 Å². The molecule has 0 bridgehead atoms. The fraction of sp³-hybridized carbons (Fsp3) is 0.360. The number of piperazine rings is 1. The molecule has 4 heterocycles. The van der Waals surface area contributed by atoms with E-state index in [-0.39, 0.29) is 17.8 Å².